The molecule has 2 amide bonds. The summed E-state index contributed by atoms with van der Waals surface area (Å²) < 4.78 is 33.9. The SMILES string of the molecule is CCCNC(=O)C(CC)N(Cc1ccc(Cl)cc1)C(=O)CN(c1ccccc1)S(=O)(=O)c1ccc(OC)cc1. The minimum absolute atomic E-state index is 0.0111. The quantitative estimate of drug-likeness (QED) is 0.315. The second-order valence-electron chi connectivity index (χ2n) is 8.89. The highest BCUT2D eigenvalue weighted by atomic mass is 35.5. The predicted octanol–water partition coefficient (Wildman–Crippen LogP) is 4.88. The van der Waals surface area contributed by atoms with Crippen molar-refractivity contribution in [2.75, 3.05) is 24.5 Å². The van der Waals surface area contributed by atoms with Gasteiger partial charge in [-0.3, -0.25) is 13.9 Å². The highest BCUT2D eigenvalue weighted by molar-refractivity contribution is 7.92. The number of sulfonamides is 1. The lowest BCUT2D eigenvalue weighted by Gasteiger charge is -2.33. The smallest absolute Gasteiger partial charge is 0.264 e. The lowest BCUT2D eigenvalue weighted by atomic mass is 10.1. The number of amides is 2. The molecule has 0 aromatic heterocycles. The van der Waals surface area contributed by atoms with Gasteiger partial charge < -0.3 is 15.0 Å². The zero-order valence-corrected chi connectivity index (χ0v) is 23.9. The molecule has 3 rings (SSSR count). The average Bonchev–Trinajstić information content (AvgIpc) is 2.95. The molecule has 1 atom stereocenters. The van der Waals surface area contributed by atoms with Gasteiger partial charge in [0.25, 0.3) is 10.0 Å². The first-order valence-corrected chi connectivity index (χ1v) is 14.6. The van der Waals surface area contributed by atoms with Gasteiger partial charge in [-0.25, -0.2) is 8.42 Å². The molecule has 3 aromatic rings. The maximum atomic E-state index is 13.9. The van der Waals surface area contributed by atoms with E-state index in [1.165, 1.54) is 24.1 Å². The van der Waals surface area contributed by atoms with Gasteiger partial charge >= 0.3 is 0 Å². The first-order valence-electron chi connectivity index (χ1n) is 12.7. The third-order valence-corrected chi connectivity index (χ3v) is 8.21. The number of hydrogen-bond acceptors (Lipinski definition) is 5. The Balaban J connectivity index is 2.01. The molecule has 1 unspecified atom stereocenters. The molecule has 1 N–H and O–H groups in total. The zero-order chi connectivity index (χ0) is 28.4. The molecule has 208 valence electrons. The van der Waals surface area contributed by atoms with Crippen molar-refractivity contribution in [3.63, 3.8) is 0 Å². The summed E-state index contributed by atoms with van der Waals surface area (Å²) >= 11 is 6.05. The van der Waals surface area contributed by atoms with E-state index in [1.807, 2.05) is 13.8 Å². The van der Waals surface area contributed by atoms with Crippen molar-refractivity contribution in [2.45, 2.75) is 44.2 Å². The number of hydrogen-bond donors (Lipinski definition) is 1. The van der Waals surface area contributed by atoms with E-state index in [1.54, 1.807) is 66.7 Å². The minimum atomic E-state index is -4.14. The molecule has 0 heterocycles. The highest BCUT2D eigenvalue weighted by Crippen LogP contribution is 2.26. The fourth-order valence-corrected chi connectivity index (χ4v) is 5.61. The van der Waals surface area contributed by atoms with Crippen molar-refractivity contribution in [3.8, 4) is 5.75 Å². The standard InChI is InChI=1S/C29H34ClN3O5S/c1-4-19-31-29(35)27(5-2)32(20-22-11-13-23(30)14-12-22)28(34)21-33(24-9-7-6-8-10-24)39(36,37)26-17-15-25(38-3)16-18-26/h6-18,27H,4-5,19-21H2,1-3H3,(H,31,35). The molecule has 0 saturated heterocycles. The fraction of sp³-hybridized carbons (Fsp3) is 0.310. The Kier molecular flexibility index (Phi) is 10.8. The Morgan fingerprint density at radius 3 is 2.15 bits per heavy atom. The van der Waals surface area contributed by atoms with E-state index in [2.05, 4.69) is 5.32 Å². The first kappa shape index (κ1) is 30.0. The van der Waals surface area contributed by atoms with E-state index >= 15 is 0 Å². The summed E-state index contributed by atoms with van der Waals surface area (Å²) in [5.74, 6) is -0.287. The third kappa shape index (κ3) is 7.74. The number of para-hydroxylation sites is 1. The lowest BCUT2D eigenvalue weighted by Crippen LogP contribution is -2.52. The monoisotopic (exact) mass is 571 g/mol. The summed E-state index contributed by atoms with van der Waals surface area (Å²) in [7, 11) is -2.65. The van der Waals surface area contributed by atoms with Gasteiger partial charge in [0.05, 0.1) is 17.7 Å². The molecule has 0 spiro atoms. The van der Waals surface area contributed by atoms with Gasteiger partial charge in [-0.1, -0.05) is 55.8 Å². The molecule has 0 fully saturated rings. The predicted molar refractivity (Wildman–Crippen MR) is 153 cm³/mol. The molecule has 0 bridgehead atoms. The summed E-state index contributed by atoms with van der Waals surface area (Å²) in [6.07, 6.45) is 1.10. The van der Waals surface area contributed by atoms with Gasteiger partial charge in [-0.05, 0) is 66.9 Å². The van der Waals surface area contributed by atoms with Crippen LogP contribution in [0, 0.1) is 0 Å². The van der Waals surface area contributed by atoms with Crippen LogP contribution in [0.15, 0.2) is 83.8 Å². The van der Waals surface area contributed by atoms with E-state index in [0.29, 0.717) is 29.4 Å². The summed E-state index contributed by atoms with van der Waals surface area (Å²) in [4.78, 5) is 28.5. The number of halogens is 1. The van der Waals surface area contributed by atoms with Crippen LogP contribution in [-0.4, -0.2) is 51.4 Å². The number of nitrogens with one attached hydrogen (secondary N) is 1. The first-order chi connectivity index (χ1) is 18.7. The maximum absolute atomic E-state index is 13.9. The Morgan fingerprint density at radius 1 is 0.949 bits per heavy atom. The number of anilines is 1. The number of benzene rings is 3. The number of carbonyl (C=O) groups excluding carboxylic acids is 2. The van der Waals surface area contributed by atoms with Gasteiger partial charge in [0.15, 0.2) is 0 Å². The summed E-state index contributed by atoms with van der Waals surface area (Å²) in [6.45, 7) is 3.85. The largest absolute Gasteiger partial charge is 0.497 e. The van der Waals surface area contributed by atoms with Crippen molar-refractivity contribution in [1.82, 2.24) is 10.2 Å². The molecule has 0 saturated carbocycles. The summed E-state index contributed by atoms with van der Waals surface area (Å²) in [5.41, 5.74) is 1.09. The Hall–Kier alpha value is -3.56. The molecule has 3 aromatic carbocycles. The van der Waals surface area contributed by atoms with Crippen LogP contribution in [0.4, 0.5) is 5.69 Å². The van der Waals surface area contributed by atoms with Gasteiger partial charge in [0.2, 0.25) is 11.8 Å². The van der Waals surface area contributed by atoms with E-state index in [0.717, 1.165) is 16.3 Å². The summed E-state index contributed by atoms with van der Waals surface area (Å²) in [5, 5.41) is 3.41. The zero-order valence-electron chi connectivity index (χ0n) is 22.3. The van der Waals surface area contributed by atoms with Gasteiger partial charge in [-0.15, -0.1) is 0 Å². The fourth-order valence-electron chi connectivity index (χ4n) is 4.07. The van der Waals surface area contributed by atoms with Crippen molar-refractivity contribution in [3.05, 3.63) is 89.4 Å². The van der Waals surface area contributed by atoms with Crippen LogP contribution >= 0.6 is 11.6 Å². The number of ether oxygens (including phenoxy) is 1. The van der Waals surface area contributed by atoms with Crippen LogP contribution in [0.2, 0.25) is 5.02 Å². The van der Waals surface area contributed by atoms with Crippen LogP contribution in [0.3, 0.4) is 0 Å². The number of nitrogens with zero attached hydrogens (tertiary/aromatic N) is 2. The molecule has 8 nitrogen and oxygen atoms in total. The summed E-state index contributed by atoms with van der Waals surface area (Å²) in [6, 6.07) is 20.6. The molecular weight excluding hydrogens is 538 g/mol. The van der Waals surface area contributed by atoms with E-state index in [-0.39, 0.29) is 17.3 Å². The van der Waals surface area contributed by atoms with E-state index in [9.17, 15) is 18.0 Å². The van der Waals surface area contributed by atoms with Crippen LogP contribution < -0.4 is 14.4 Å². The van der Waals surface area contributed by atoms with Gasteiger partial charge in [0.1, 0.15) is 18.3 Å². The molecular formula is C29H34ClN3O5S. The van der Waals surface area contributed by atoms with Crippen LogP contribution in [-0.2, 0) is 26.2 Å². The number of rotatable bonds is 13. The lowest BCUT2D eigenvalue weighted by molar-refractivity contribution is -0.140. The highest BCUT2D eigenvalue weighted by Gasteiger charge is 2.33. The Morgan fingerprint density at radius 2 is 1.59 bits per heavy atom. The van der Waals surface area contributed by atoms with Crippen LogP contribution in [0.25, 0.3) is 0 Å². The minimum Gasteiger partial charge on any atom is -0.497 e. The van der Waals surface area contributed by atoms with E-state index < -0.39 is 28.5 Å². The Labute approximate surface area is 235 Å². The molecule has 10 heteroatoms. The van der Waals surface area contributed by atoms with Crippen molar-refractivity contribution in [2.24, 2.45) is 0 Å². The molecule has 39 heavy (non-hydrogen) atoms. The van der Waals surface area contributed by atoms with Gasteiger partial charge in [-0.2, -0.15) is 0 Å². The molecule has 0 aliphatic heterocycles. The van der Waals surface area contributed by atoms with Crippen LogP contribution in [0.1, 0.15) is 32.3 Å². The number of carbonyl (C=O) groups is 2. The Bertz CT molecular complexity index is 1330. The van der Waals surface area contributed by atoms with Crippen molar-refractivity contribution in [1.29, 1.82) is 0 Å². The topological polar surface area (TPSA) is 96.0 Å². The van der Waals surface area contributed by atoms with Gasteiger partial charge in [0, 0.05) is 18.1 Å². The molecule has 0 aliphatic carbocycles. The normalized spacial score (nSPS) is 11.9. The van der Waals surface area contributed by atoms with E-state index in [4.69, 9.17) is 16.3 Å². The van der Waals surface area contributed by atoms with Crippen molar-refractivity contribution < 1.29 is 22.7 Å². The maximum Gasteiger partial charge on any atom is 0.264 e. The van der Waals surface area contributed by atoms with Crippen molar-refractivity contribution >= 4 is 39.1 Å². The average molecular weight is 572 g/mol. The number of methoxy groups -OCH3 is 1. The second kappa shape index (κ2) is 14.0. The second-order valence-corrected chi connectivity index (χ2v) is 11.2. The third-order valence-electron chi connectivity index (χ3n) is 6.17. The molecule has 0 aliphatic rings. The van der Waals surface area contributed by atoms with Crippen LogP contribution in [0.5, 0.6) is 5.75 Å². The molecule has 0 radical (unpaired) electrons.